The molecule has 26 heavy (non-hydrogen) atoms. The zero-order chi connectivity index (χ0) is 18.0. The van der Waals surface area contributed by atoms with E-state index in [4.69, 9.17) is 4.99 Å². The fourth-order valence-electron chi connectivity index (χ4n) is 2.82. The summed E-state index contributed by atoms with van der Waals surface area (Å²) in [6.45, 7) is 6.52. The van der Waals surface area contributed by atoms with Gasteiger partial charge in [-0.2, -0.15) is 11.8 Å². The minimum Gasteiger partial charge on any atom is -0.370 e. The van der Waals surface area contributed by atoms with Crippen LogP contribution in [0.15, 0.2) is 53.7 Å². The topological polar surface area (TPSA) is 52.6 Å². The van der Waals surface area contributed by atoms with Crippen molar-refractivity contribution in [2.24, 2.45) is 4.99 Å². The Labute approximate surface area is 160 Å². The molecule has 0 aliphatic carbocycles. The molecule has 0 saturated carbocycles. The second-order valence-electron chi connectivity index (χ2n) is 6.14. The third-order valence-electron chi connectivity index (χ3n) is 4.24. The van der Waals surface area contributed by atoms with Crippen LogP contribution in [0.25, 0.3) is 0 Å². The minimum atomic E-state index is 0.660. The molecule has 1 aliphatic rings. The van der Waals surface area contributed by atoms with E-state index in [0.717, 1.165) is 31.3 Å². The van der Waals surface area contributed by atoms with E-state index in [-0.39, 0.29) is 0 Å². The fourth-order valence-corrected chi connectivity index (χ4v) is 3.73. The molecule has 3 rings (SSSR count). The van der Waals surface area contributed by atoms with Gasteiger partial charge in [-0.05, 0) is 36.8 Å². The number of thioether (sulfide) groups is 1. The third-order valence-corrected chi connectivity index (χ3v) is 5.18. The van der Waals surface area contributed by atoms with Crippen LogP contribution in [-0.4, -0.2) is 42.1 Å². The van der Waals surface area contributed by atoms with E-state index in [0.29, 0.717) is 13.1 Å². The van der Waals surface area contributed by atoms with Crippen molar-refractivity contribution in [3.63, 3.8) is 0 Å². The van der Waals surface area contributed by atoms with Crippen LogP contribution in [0.1, 0.15) is 18.2 Å². The minimum absolute atomic E-state index is 0.660. The zero-order valence-corrected chi connectivity index (χ0v) is 16.1. The molecule has 1 aromatic carbocycles. The van der Waals surface area contributed by atoms with Gasteiger partial charge >= 0.3 is 0 Å². The van der Waals surface area contributed by atoms with E-state index in [1.807, 2.05) is 36.2 Å². The Balaban J connectivity index is 1.56. The highest BCUT2D eigenvalue weighted by molar-refractivity contribution is 7.99. The summed E-state index contributed by atoms with van der Waals surface area (Å²) in [5.74, 6) is 3.26. The zero-order valence-electron chi connectivity index (χ0n) is 15.3. The predicted molar refractivity (Wildman–Crippen MR) is 112 cm³/mol. The molecule has 1 aliphatic heterocycles. The van der Waals surface area contributed by atoms with Crippen LogP contribution < -0.4 is 15.5 Å². The maximum Gasteiger partial charge on any atom is 0.191 e. The van der Waals surface area contributed by atoms with Gasteiger partial charge in [0, 0.05) is 43.0 Å². The molecule has 0 atom stereocenters. The van der Waals surface area contributed by atoms with Crippen LogP contribution in [-0.2, 0) is 13.1 Å². The number of hydrogen-bond acceptors (Lipinski definition) is 4. The molecule has 2 aromatic rings. The van der Waals surface area contributed by atoms with Crippen LogP contribution in [0.3, 0.4) is 0 Å². The Morgan fingerprint density at radius 1 is 1.12 bits per heavy atom. The number of nitrogens with zero attached hydrogens (tertiary/aromatic N) is 3. The largest absolute Gasteiger partial charge is 0.370 e. The van der Waals surface area contributed by atoms with Crippen molar-refractivity contribution in [2.45, 2.75) is 20.0 Å². The second-order valence-corrected chi connectivity index (χ2v) is 7.36. The quantitative estimate of drug-likeness (QED) is 0.606. The number of pyridine rings is 1. The number of aromatic nitrogens is 1. The van der Waals surface area contributed by atoms with E-state index in [2.05, 4.69) is 51.7 Å². The molecule has 1 fully saturated rings. The van der Waals surface area contributed by atoms with Crippen LogP contribution >= 0.6 is 11.8 Å². The van der Waals surface area contributed by atoms with Crippen molar-refractivity contribution in [1.82, 2.24) is 15.6 Å². The summed E-state index contributed by atoms with van der Waals surface area (Å²) in [5, 5.41) is 6.62. The van der Waals surface area contributed by atoms with Gasteiger partial charge in [0.2, 0.25) is 0 Å². The van der Waals surface area contributed by atoms with Gasteiger partial charge in [0.1, 0.15) is 0 Å². The van der Waals surface area contributed by atoms with Gasteiger partial charge in [0.05, 0.1) is 18.8 Å². The lowest BCUT2D eigenvalue weighted by atomic mass is 10.2. The number of rotatable bonds is 6. The van der Waals surface area contributed by atoms with Crippen LogP contribution in [0.5, 0.6) is 0 Å². The first-order valence-corrected chi connectivity index (χ1v) is 10.3. The predicted octanol–water partition coefficient (Wildman–Crippen LogP) is 2.89. The first kappa shape index (κ1) is 18.6. The van der Waals surface area contributed by atoms with E-state index in [9.17, 15) is 0 Å². The summed E-state index contributed by atoms with van der Waals surface area (Å²) >= 11 is 2.04. The Morgan fingerprint density at radius 3 is 2.62 bits per heavy atom. The van der Waals surface area contributed by atoms with Crippen molar-refractivity contribution in [3.8, 4) is 0 Å². The number of anilines is 1. The average Bonchev–Trinajstić information content (AvgIpc) is 2.72. The third kappa shape index (κ3) is 5.66. The molecule has 2 heterocycles. The van der Waals surface area contributed by atoms with Crippen molar-refractivity contribution in [3.05, 3.63) is 59.9 Å². The molecule has 1 aromatic heterocycles. The van der Waals surface area contributed by atoms with Gasteiger partial charge in [-0.15, -0.1) is 0 Å². The number of aliphatic imine (C=N–C) groups is 1. The van der Waals surface area contributed by atoms with E-state index >= 15 is 0 Å². The molecule has 2 N–H and O–H groups in total. The Hall–Kier alpha value is -2.21. The Kier molecular flexibility index (Phi) is 7.19. The van der Waals surface area contributed by atoms with Gasteiger partial charge in [0.25, 0.3) is 0 Å². The number of nitrogens with one attached hydrogen (secondary N) is 2. The van der Waals surface area contributed by atoms with Crippen molar-refractivity contribution in [2.75, 3.05) is 36.0 Å². The lowest BCUT2D eigenvalue weighted by Gasteiger charge is -2.28. The maximum absolute atomic E-state index is 4.69. The summed E-state index contributed by atoms with van der Waals surface area (Å²) < 4.78 is 0. The van der Waals surface area contributed by atoms with Crippen LogP contribution in [0, 0.1) is 0 Å². The monoisotopic (exact) mass is 369 g/mol. The van der Waals surface area contributed by atoms with Gasteiger partial charge in [-0.25, -0.2) is 4.99 Å². The Morgan fingerprint density at radius 2 is 1.92 bits per heavy atom. The first-order valence-electron chi connectivity index (χ1n) is 9.19. The first-order chi connectivity index (χ1) is 12.8. The normalized spacial score (nSPS) is 15.0. The highest BCUT2D eigenvalue weighted by atomic mass is 32.2. The van der Waals surface area contributed by atoms with Gasteiger partial charge in [-0.1, -0.05) is 18.2 Å². The fraction of sp³-hybridized carbons (Fsp3) is 0.400. The molecule has 138 valence electrons. The maximum atomic E-state index is 4.69. The average molecular weight is 370 g/mol. The summed E-state index contributed by atoms with van der Waals surface area (Å²) in [6.07, 6.45) is 1.81. The molecular formula is C20H27N5S. The Bertz CT molecular complexity index is 681. The lowest BCUT2D eigenvalue weighted by Crippen LogP contribution is -2.37. The number of hydrogen-bond donors (Lipinski definition) is 2. The SMILES string of the molecule is CCNC(=NCc1ccc(N2CCSCC2)cc1)NCc1ccccn1. The molecule has 1 saturated heterocycles. The number of guanidine groups is 1. The molecule has 0 bridgehead atoms. The summed E-state index contributed by atoms with van der Waals surface area (Å²) in [6, 6.07) is 14.7. The molecule has 5 nitrogen and oxygen atoms in total. The van der Waals surface area contributed by atoms with E-state index in [1.165, 1.54) is 22.8 Å². The molecule has 0 spiro atoms. The highest BCUT2D eigenvalue weighted by Gasteiger charge is 2.10. The molecule has 0 amide bonds. The summed E-state index contributed by atoms with van der Waals surface area (Å²) in [4.78, 5) is 11.5. The van der Waals surface area contributed by atoms with E-state index in [1.54, 1.807) is 0 Å². The van der Waals surface area contributed by atoms with Gasteiger partial charge in [-0.3, -0.25) is 4.98 Å². The molecule has 0 radical (unpaired) electrons. The van der Waals surface area contributed by atoms with Crippen molar-refractivity contribution in [1.29, 1.82) is 0 Å². The number of benzene rings is 1. The van der Waals surface area contributed by atoms with Crippen molar-refractivity contribution >= 4 is 23.4 Å². The van der Waals surface area contributed by atoms with E-state index < -0.39 is 0 Å². The summed E-state index contributed by atoms with van der Waals surface area (Å²) in [7, 11) is 0. The molecule has 6 heteroatoms. The van der Waals surface area contributed by atoms with Crippen molar-refractivity contribution < 1.29 is 0 Å². The van der Waals surface area contributed by atoms with Gasteiger partial charge in [0.15, 0.2) is 5.96 Å². The lowest BCUT2D eigenvalue weighted by molar-refractivity contribution is 0.799. The molecular weight excluding hydrogens is 342 g/mol. The highest BCUT2D eigenvalue weighted by Crippen LogP contribution is 2.20. The summed E-state index contributed by atoms with van der Waals surface area (Å²) in [5.41, 5.74) is 3.54. The van der Waals surface area contributed by atoms with Crippen LogP contribution in [0.4, 0.5) is 5.69 Å². The smallest absolute Gasteiger partial charge is 0.191 e. The standard InChI is InChI=1S/C20H27N5S/c1-2-21-20(24-16-18-5-3-4-10-22-18)23-15-17-6-8-19(9-7-17)25-11-13-26-14-12-25/h3-10H,2,11-16H2,1H3,(H2,21,23,24). The van der Waals surface area contributed by atoms with Gasteiger partial charge < -0.3 is 15.5 Å². The molecule has 0 unspecified atom stereocenters. The van der Waals surface area contributed by atoms with Crippen LogP contribution in [0.2, 0.25) is 0 Å². The second kappa shape index (κ2) is 10.1.